The fourth-order valence-corrected chi connectivity index (χ4v) is 3.98. The molecule has 2 rings (SSSR count). The quantitative estimate of drug-likeness (QED) is 0.291. The van der Waals surface area contributed by atoms with Gasteiger partial charge in [0.2, 0.25) is 5.60 Å². The molecule has 5 nitrogen and oxygen atoms in total. The zero-order valence-electron chi connectivity index (χ0n) is 17.9. The van der Waals surface area contributed by atoms with Gasteiger partial charge in [-0.1, -0.05) is 89.5 Å². The van der Waals surface area contributed by atoms with Crippen molar-refractivity contribution in [1.82, 2.24) is 0 Å². The zero-order valence-corrected chi connectivity index (χ0v) is 17.9. The van der Waals surface area contributed by atoms with Gasteiger partial charge in [-0.05, 0) is 12.5 Å². The van der Waals surface area contributed by atoms with Gasteiger partial charge in [0.25, 0.3) is 5.91 Å². The van der Waals surface area contributed by atoms with Gasteiger partial charge in [-0.2, -0.15) is 0 Å². The highest BCUT2D eigenvalue weighted by Gasteiger charge is 2.53. The first kappa shape index (κ1) is 23.1. The number of fused-ring (bicyclic) bond motifs is 1. The second kappa shape index (κ2) is 11.1. The van der Waals surface area contributed by atoms with Gasteiger partial charge < -0.3 is 14.7 Å². The normalized spacial score (nSPS) is 18.0. The number of esters is 1. The summed E-state index contributed by atoms with van der Waals surface area (Å²) >= 11 is 0. The van der Waals surface area contributed by atoms with Crippen LogP contribution in [0.5, 0.6) is 0 Å². The Balaban J connectivity index is 1.88. The summed E-state index contributed by atoms with van der Waals surface area (Å²) < 4.78 is 4.69. The van der Waals surface area contributed by atoms with Gasteiger partial charge in [0.1, 0.15) is 0 Å². The van der Waals surface area contributed by atoms with Crippen LogP contribution in [-0.4, -0.2) is 30.6 Å². The first-order valence-corrected chi connectivity index (χ1v) is 10.9. The Morgan fingerprint density at radius 2 is 1.59 bits per heavy atom. The van der Waals surface area contributed by atoms with E-state index >= 15 is 0 Å². The van der Waals surface area contributed by atoms with Crippen molar-refractivity contribution in [3.8, 4) is 0 Å². The second-order valence-corrected chi connectivity index (χ2v) is 7.84. The molecule has 0 bridgehead atoms. The number of methoxy groups -OCH3 is 1. The Morgan fingerprint density at radius 3 is 2.17 bits per heavy atom. The maximum absolute atomic E-state index is 13.0. The molecule has 0 fully saturated rings. The number of unbranched alkanes of at least 4 members (excludes halogenated alkanes) is 9. The van der Waals surface area contributed by atoms with E-state index in [9.17, 15) is 14.7 Å². The lowest BCUT2D eigenvalue weighted by Gasteiger charge is -2.24. The molecular formula is C24H35NO4. The van der Waals surface area contributed by atoms with Crippen LogP contribution >= 0.6 is 0 Å². The molecule has 1 atom stereocenters. The molecule has 1 aliphatic heterocycles. The number of nitrogens with zero attached hydrogens (tertiary/aromatic N) is 1. The highest BCUT2D eigenvalue weighted by atomic mass is 16.5. The van der Waals surface area contributed by atoms with Gasteiger partial charge in [0.15, 0.2) is 0 Å². The minimum atomic E-state index is -2.05. The summed E-state index contributed by atoms with van der Waals surface area (Å²) in [5.41, 5.74) is -1.26. The fourth-order valence-electron chi connectivity index (χ4n) is 3.98. The number of carbonyl (C=O) groups excluding carboxylic acids is 2. The van der Waals surface area contributed by atoms with Crippen molar-refractivity contribution in [2.75, 3.05) is 18.6 Å². The summed E-state index contributed by atoms with van der Waals surface area (Å²) in [6.07, 6.45) is 12.1. The predicted octanol–water partition coefficient (Wildman–Crippen LogP) is 4.87. The van der Waals surface area contributed by atoms with Crippen molar-refractivity contribution in [1.29, 1.82) is 0 Å². The average Bonchev–Trinajstić information content (AvgIpc) is 2.96. The van der Waals surface area contributed by atoms with Gasteiger partial charge in [-0.25, -0.2) is 4.79 Å². The lowest BCUT2D eigenvalue weighted by atomic mass is 9.88. The van der Waals surface area contributed by atoms with Crippen LogP contribution < -0.4 is 4.90 Å². The Labute approximate surface area is 174 Å². The maximum atomic E-state index is 13.0. The lowest BCUT2D eigenvalue weighted by molar-refractivity contribution is -0.144. The fraction of sp³-hybridized carbons (Fsp3) is 0.583. The van der Waals surface area contributed by atoms with Crippen molar-refractivity contribution < 1.29 is 19.4 Å². The Bertz CT molecular complexity index is 715. The Hall–Kier alpha value is -2.14. The van der Waals surface area contributed by atoms with Crippen LogP contribution in [0.2, 0.25) is 0 Å². The van der Waals surface area contributed by atoms with Gasteiger partial charge >= 0.3 is 5.97 Å². The third kappa shape index (κ3) is 5.27. The van der Waals surface area contributed by atoms with Gasteiger partial charge in [0, 0.05) is 12.1 Å². The number of aliphatic hydroxyl groups is 1. The van der Waals surface area contributed by atoms with Crippen LogP contribution in [0.4, 0.5) is 5.69 Å². The molecule has 1 heterocycles. The Kier molecular flexibility index (Phi) is 8.90. The van der Waals surface area contributed by atoms with E-state index in [0.717, 1.165) is 19.3 Å². The molecule has 1 N–H and O–H groups in total. The molecule has 5 heteroatoms. The molecule has 0 radical (unpaired) electrons. The number of amides is 1. The SMILES string of the molecule is C=C(C(=O)OC)[C@@]1(O)C(=O)N(CCCCCCCCCCCC)c2ccccc21. The van der Waals surface area contributed by atoms with Gasteiger partial charge in [0.05, 0.1) is 18.4 Å². The topological polar surface area (TPSA) is 66.8 Å². The van der Waals surface area contributed by atoms with E-state index in [1.165, 1.54) is 52.1 Å². The standard InChI is InChI=1S/C24H35NO4/c1-4-5-6-7-8-9-10-11-12-15-18-25-21-17-14-13-16-20(21)24(28,23(25)27)19(2)22(26)29-3/h13-14,16-17,28H,2,4-12,15,18H2,1,3H3/t24-/m0/s1. The molecule has 1 aromatic carbocycles. The van der Waals surface area contributed by atoms with Crippen LogP contribution in [-0.2, 0) is 19.9 Å². The van der Waals surface area contributed by atoms with Crippen LogP contribution in [0.3, 0.4) is 0 Å². The molecule has 0 aliphatic carbocycles. The van der Waals surface area contributed by atoms with E-state index in [1.54, 1.807) is 23.1 Å². The average molecular weight is 402 g/mol. The predicted molar refractivity (Wildman–Crippen MR) is 116 cm³/mol. The highest BCUT2D eigenvalue weighted by molar-refractivity contribution is 6.13. The molecule has 0 aromatic heterocycles. The molecule has 29 heavy (non-hydrogen) atoms. The molecule has 0 spiro atoms. The summed E-state index contributed by atoms with van der Waals surface area (Å²) in [4.78, 5) is 26.6. The molecule has 1 aromatic rings. The maximum Gasteiger partial charge on any atom is 0.336 e. The molecule has 0 unspecified atom stereocenters. The summed E-state index contributed by atoms with van der Waals surface area (Å²) in [5, 5.41) is 11.1. The van der Waals surface area contributed by atoms with Gasteiger partial charge in [-0.3, -0.25) is 4.79 Å². The minimum absolute atomic E-state index is 0.247. The second-order valence-electron chi connectivity index (χ2n) is 7.84. The lowest BCUT2D eigenvalue weighted by Crippen LogP contribution is -2.43. The van der Waals surface area contributed by atoms with Crippen molar-refractivity contribution >= 4 is 17.6 Å². The van der Waals surface area contributed by atoms with E-state index in [4.69, 9.17) is 0 Å². The number of carbonyl (C=O) groups is 2. The van der Waals surface area contributed by atoms with Crippen molar-refractivity contribution in [3.63, 3.8) is 0 Å². The van der Waals surface area contributed by atoms with Crippen LogP contribution in [0, 0.1) is 0 Å². The van der Waals surface area contributed by atoms with Crippen molar-refractivity contribution in [3.05, 3.63) is 42.0 Å². The third-order valence-corrected chi connectivity index (χ3v) is 5.74. The summed E-state index contributed by atoms with van der Waals surface area (Å²) in [6.45, 7) is 6.40. The number of benzene rings is 1. The number of hydrogen-bond acceptors (Lipinski definition) is 4. The van der Waals surface area contributed by atoms with Crippen molar-refractivity contribution in [2.24, 2.45) is 0 Å². The van der Waals surface area contributed by atoms with E-state index in [1.807, 2.05) is 6.07 Å². The number of para-hydroxylation sites is 1. The van der Waals surface area contributed by atoms with Gasteiger partial charge in [-0.15, -0.1) is 0 Å². The van der Waals surface area contributed by atoms with E-state index in [-0.39, 0.29) is 5.57 Å². The smallest absolute Gasteiger partial charge is 0.336 e. The summed E-state index contributed by atoms with van der Waals surface area (Å²) in [6, 6.07) is 7.03. The molecular weight excluding hydrogens is 366 g/mol. The first-order chi connectivity index (χ1) is 14.0. The first-order valence-electron chi connectivity index (χ1n) is 10.9. The summed E-state index contributed by atoms with van der Waals surface area (Å²) in [5.74, 6) is -1.30. The molecule has 0 saturated heterocycles. The number of anilines is 1. The zero-order chi connectivity index (χ0) is 21.3. The van der Waals surface area contributed by atoms with Crippen LogP contribution in [0.25, 0.3) is 0 Å². The van der Waals surface area contributed by atoms with E-state index < -0.39 is 17.5 Å². The summed E-state index contributed by atoms with van der Waals surface area (Å²) in [7, 11) is 1.21. The monoisotopic (exact) mass is 401 g/mol. The van der Waals surface area contributed by atoms with E-state index in [0.29, 0.717) is 17.8 Å². The molecule has 1 aliphatic rings. The number of hydrogen-bond donors (Lipinski definition) is 1. The van der Waals surface area contributed by atoms with E-state index in [2.05, 4.69) is 18.2 Å². The minimum Gasteiger partial charge on any atom is -0.466 e. The Morgan fingerprint density at radius 1 is 1.03 bits per heavy atom. The molecule has 1 amide bonds. The molecule has 0 saturated carbocycles. The van der Waals surface area contributed by atoms with Crippen LogP contribution in [0.1, 0.15) is 76.7 Å². The number of ether oxygens (including phenoxy) is 1. The number of rotatable bonds is 13. The third-order valence-electron chi connectivity index (χ3n) is 5.74. The van der Waals surface area contributed by atoms with Crippen molar-refractivity contribution in [2.45, 2.75) is 76.7 Å². The van der Waals surface area contributed by atoms with Crippen LogP contribution in [0.15, 0.2) is 36.4 Å². The molecule has 160 valence electrons. The largest absolute Gasteiger partial charge is 0.466 e. The highest BCUT2D eigenvalue weighted by Crippen LogP contribution is 2.44.